The first-order chi connectivity index (χ1) is 14.7. The molecule has 9 heteroatoms. The number of nitrogens with zero attached hydrogens (tertiary/aromatic N) is 1. The highest BCUT2D eigenvalue weighted by molar-refractivity contribution is 7.92. The van der Waals surface area contributed by atoms with Crippen molar-refractivity contribution >= 4 is 33.3 Å². The summed E-state index contributed by atoms with van der Waals surface area (Å²) in [6, 6.07) is 13.2. The van der Waals surface area contributed by atoms with Crippen molar-refractivity contribution in [1.82, 2.24) is 0 Å². The van der Waals surface area contributed by atoms with Crippen LogP contribution in [0.3, 0.4) is 0 Å². The Labute approximate surface area is 183 Å². The molecule has 168 valence electrons. The van der Waals surface area contributed by atoms with E-state index in [9.17, 15) is 18.0 Å². The van der Waals surface area contributed by atoms with Gasteiger partial charge in [0.1, 0.15) is 5.75 Å². The molecule has 0 saturated carbocycles. The molecule has 0 radical (unpaired) electrons. The summed E-state index contributed by atoms with van der Waals surface area (Å²) in [4.78, 5) is 23.9. The smallest absolute Gasteiger partial charge is 0.338 e. The van der Waals surface area contributed by atoms with Crippen LogP contribution in [-0.2, 0) is 19.6 Å². The maximum atomic E-state index is 12.2. The van der Waals surface area contributed by atoms with E-state index in [2.05, 4.69) is 5.32 Å². The van der Waals surface area contributed by atoms with Crippen molar-refractivity contribution < 1.29 is 27.5 Å². The second-order valence-electron chi connectivity index (χ2n) is 6.71. The second kappa shape index (κ2) is 11.4. The third-order valence-corrected chi connectivity index (χ3v) is 5.47. The van der Waals surface area contributed by atoms with Crippen LogP contribution in [-0.4, -0.2) is 46.3 Å². The van der Waals surface area contributed by atoms with E-state index in [4.69, 9.17) is 9.47 Å². The molecule has 0 aliphatic carbocycles. The predicted octanol–water partition coefficient (Wildman–Crippen LogP) is 3.45. The third kappa shape index (κ3) is 7.60. The van der Waals surface area contributed by atoms with Gasteiger partial charge in [-0.05, 0) is 68.8 Å². The predicted molar refractivity (Wildman–Crippen MR) is 120 cm³/mol. The number of ether oxygens (including phenoxy) is 2. The lowest BCUT2D eigenvalue weighted by molar-refractivity contribution is -0.116. The largest absolute Gasteiger partial charge is 0.494 e. The van der Waals surface area contributed by atoms with Gasteiger partial charge in [-0.3, -0.25) is 9.10 Å². The van der Waals surface area contributed by atoms with Crippen LogP contribution in [0.1, 0.15) is 37.0 Å². The Hall–Kier alpha value is -3.07. The Balaban J connectivity index is 1.91. The standard InChI is InChI=1S/C22H28N2O6S/c1-4-29-20-14-12-19(13-15-20)24(31(3,27)28)16-6-7-21(25)23-18-10-8-17(9-11-18)22(26)30-5-2/h8-15H,4-7,16H2,1-3H3,(H,23,25). The van der Waals surface area contributed by atoms with E-state index < -0.39 is 16.0 Å². The first kappa shape index (κ1) is 24.2. The summed E-state index contributed by atoms with van der Waals surface area (Å²) in [6.07, 6.45) is 1.62. The number of hydrogen-bond donors (Lipinski definition) is 1. The number of amides is 1. The van der Waals surface area contributed by atoms with E-state index in [1.54, 1.807) is 55.5 Å². The molecule has 0 unspecified atom stereocenters. The fourth-order valence-electron chi connectivity index (χ4n) is 2.87. The molecule has 0 atom stereocenters. The summed E-state index contributed by atoms with van der Waals surface area (Å²) in [6.45, 7) is 4.58. The van der Waals surface area contributed by atoms with Gasteiger partial charge in [0.15, 0.2) is 0 Å². The minimum Gasteiger partial charge on any atom is -0.494 e. The number of esters is 1. The van der Waals surface area contributed by atoms with Crippen molar-refractivity contribution in [3.05, 3.63) is 54.1 Å². The van der Waals surface area contributed by atoms with Gasteiger partial charge < -0.3 is 14.8 Å². The highest BCUT2D eigenvalue weighted by atomic mass is 32.2. The maximum Gasteiger partial charge on any atom is 0.338 e. The van der Waals surface area contributed by atoms with E-state index in [0.717, 1.165) is 6.26 Å². The summed E-state index contributed by atoms with van der Waals surface area (Å²) in [5.41, 5.74) is 1.46. The summed E-state index contributed by atoms with van der Waals surface area (Å²) in [7, 11) is -3.50. The van der Waals surface area contributed by atoms with Crippen LogP contribution in [0.15, 0.2) is 48.5 Å². The maximum absolute atomic E-state index is 12.2. The summed E-state index contributed by atoms with van der Waals surface area (Å²) < 4.78 is 36.0. The molecule has 31 heavy (non-hydrogen) atoms. The summed E-state index contributed by atoms with van der Waals surface area (Å²) in [5, 5.41) is 2.74. The average molecular weight is 449 g/mol. The molecule has 0 fully saturated rings. The van der Waals surface area contributed by atoms with Crippen molar-refractivity contribution in [2.24, 2.45) is 0 Å². The number of benzene rings is 2. The van der Waals surface area contributed by atoms with Gasteiger partial charge in [0.25, 0.3) is 0 Å². The summed E-state index contributed by atoms with van der Waals surface area (Å²) in [5.74, 6) is -0.00684. The quantitative estimate of drug-likeness (QED) is 0.528. The average Bonchev–Trinajstić information content (AvgIpc) is 2.72. The van der Waals surface area contributed by atoms with Crippen LogP contribution in [0.4, 0.5) is 11.4 Å². The first-order valence-electron chi connectivity index (χ1n) is 10.0. The molecule has 0 bridgehead atoms. The molecule has 0 aliphatic heterocycles. The normalized spacial score (nSPS) is 10.9. The number of carbonyl (C=O) groups is 2. The molecule has 2 rings (SSSR count). The molecule has 0 aliphatic rings. The monoisotopic (exact) mass is 448 g/mol. The first-order valence-corrected chi connectivity index (χ1v) is 11.9. The zero-order valence-electron chi connectivity index (χ0n) is 18.0. The lowest BCUT2D eigenvalue weighted by Crippen LogP contribution is -2.31. The Bertz CT molecular complexity index is 972. The molecule has 1 N–H and O–H groups in total. The van der Waals surface area contributed by atoms with E-state index in [1.165, 1.54) is 4.31 Å². The van der Waals surface area contributed by atoms with E-state index in [-0.39, 0.29) is 18.9 Å². The molecule has 0 spiro atoms. The zero-order valence-corrected chi connectivity index (χ0v) is 18.8. The molecule has 1 amide bonds. The van der Waals surface area contributed by atoms with Gasteiger partial charge in [-0.25, -0.2) is 13.2 Å². The Morgan fingerprint density at radius 2 is 1.61 bits per heavy atom. The number of nitrogens with one attached hydrogen (secondary N) is 1. The topological polar surface area (TPSA) is 102 Å². The highest BCUT2D eigenvalue weighted by Crippen LogP contribution is 2.22. The second-order valence-corrected chi connectivity index (χ2v) is 8.62. The molecule has 0 heterocycles. The Kier molecular flexibility index (Phi) is 8.87. The fraction of sp³-hybridized carbons (Fsp3) is 0.364. The number of hydrogen-bond acceptors (Lipinski definition) is 6. The number of sulfonamides is 1. The Morgan fingerprint density at radius 1 is 0.968 bits per heavy atom. The molecular formula is C22H28N2O6S. The van der Waals surface area contributed by atoms with Crippen molar-refractivity contribution in [3.8, 4) is 5.75 Å². The van der Waals surface area contributed by atoms with Gasteiger partial charge >= 0.3 is 5.97 Å². The molecule has 0 aromatic heterocycles. The van der Waals surface area contributed by atoms with Gasteiger partial charge in [0.05, 0.1) is 30.7 Å². The van der Waals surface area contributed by atoms with E-state index in [0.29, 0.717) is 42.3 Å². The minimum atomic E-state index is -3.50. The van der Waals surface area contributed by atoms with Gasteiger partial charge in [0, 0.05) is 18.7 Å². The van der Waals surface area contributed by atoms with Crippen LogP contribution < -0.4 is 14.4 Å². The number of rotatable bonds is 11. The molecule has 0 saturated heterocycles. The number of anilines is 2. The molecular weight excluding hydrogens is 420 g/mol. The van der Waals surface area contributed by atoms with Crippen molar-refractivity contribution in [2.45, 2.75) is 26.7 Å². The van der Waals surface area contributed by atoms with Gasteiger partial charge in [-0.15, -0.1) is 0 Å². The highest BCUT2D eigenvalue weighted by Gasteiger charge is 2.18. The van der Waals surface area contributed by atoms with E-state index >= 15 is 0 Å². The molecule has 8 nitrogen and oxygen atoms in total. The van der Waals surface area contributed by atoms with Crippen LogP contribution >= 0.6 is 0 Å². The molecule has 2 aromatic carbocycles. The number of carbonyl (C=O) groups excluding carboxylic acids is 2. The SMILES string of the molecule is CCOC(=O)c1ccc(NC(=O)CCCN(c2ccc(OCC)cc2)S(C)(=O)=O)cc1. The van der Waals surface area contributed by atoms with Gasteiger partial charge in [-0.1, -0.05) is 0 Å². The fourth-order valence-corrected chi connectivity index (χ4v) is 3.84. The van der Waals surface area contributed by atoms with Crippen molar-refractivity contribution in [3.63, 3.8) is 0 Å². The van der Waals surface area contributed by atoms with E-state index in [1.807, 2.05) is 6.92 Å². The lowest BCUT2D eigenvalue weighted by atomic mass is 10.2. The van der Waals surface area contributed by atoms with Gasteiger partial charge in [-0.2, -0.15) is 0 Å². The van der Waals surface area contributed by atoms with Crippen molar-refractivity contribution in [2.75, 3.05) is 35.6 Å². The van der Waals surface area contributed by atoms with Crippen LogP contribution in [0.2, 0.25) is 0 Å². The molecule has 2 aromatic rings. The Morgan fingerprint density at radius 3 is 2.16 bits per heavy atom. The zero-order chi connectivity index (χ0) is 22.9. The summed E-state index contributed by atoms with van der Waals surface area (Å²) >= 11 is 0. The van der Waals surface area contributed by atoms with Crippen molar-refractivity contribution in [1.29, 1.82) is 0 Å². The van der Waals surface area contributed by atoms with Crippen LogP contribution in [0, 0.1) is 0 Å². The van der Waals surface area contributed by atoms with Gasteiger partial charge in [0.2, 0.25) is 15.9 Å². The minimum absolute atomic E-state index is 0.142. The third-order valence-electron chi connectivity index (χ3n) is 4.28. The van der Waals surface area contributed by atoms with Crippen LogP contribution in [0.25, 0.3) is 0 Å². The lowest BCUT2D eigenvalue weighted by Gasteiger charge is -2.22. The van der Waals surface area contributed by atoms with Crippen LogP contribution in [0.5, 0.6) is 5.75 Å².